The van der Waals surface area contributed by atoms with E-state index in [1.807, 2.05) is 18.3 Å². The molecule has 0 aromatic carbocycles. The van der Waals surface area contributed by atoms with Crippen molar-refractivity contribution in [2.45, 2.75) is 0 Å². The van der Waals surface area contributed by atoms with Crippen molar-refractivity contribution >= 4 is 12.2 Å². The van der Waals surface area contributed by atoms with Crippen LogP contribution in [-0.2, 0) is 0 Å². The summed E-state index contributed by atoms with van der Waals surface area (Å²) in [6, 6.07) is 3.86. The zero-order chi connectivity index (χ0) is 8.93. The van der Waals surface area contributed by atoms with Crippen LogP contribution in [0.15, 0.2) is 28.4 Å². The molecule has 1 aliphatic rings. The second-order valence-electron chi connectivity index (χ2n) is 2.65. The van der Waals surface area contributed by atoms with Gasteiger partial charge in [-0.3, -0.25) is 0 Å². The van der Waals surface area contributed by atoms with Crippen LogP contribution < -0.4 is 10.7 Å². The van der Waals surface area contributed by atoms with E-state index < -0.39 is 0 Å². The van der Waals surface area contributed by atoms with Gasteiger partial charge in [0.25, 0.3) is 0 Å². The summed E-state index contributed by atoms with van der Waals surface area (Å²) in [6.07, 6.45) is 3.56. The van der Waals surface area contributed by atoms with Gasteiger partial charge in [-0.05, 0) is 12.1 Å². The number of nitrogens with one attached hydrogen (secondary N) is 3. The minimum absolute atomic E-state index is 0.739. The molecule has 0 unspecified atom stereocenters. The number of hydrogen-bond acceptors (Lipinski definition) is 4. The Bertz CT molecular complexity index is 311. The second kappa shape index (κ2) is 3.75. The molecular weight excluding hydrogens is 166 g/mol. The molecule has 1 aliphatic heterocycles. The first-order valence-corrected chi connectivity index (χ1v) is 4.16. The molecule has 5 heteroatoms. The molecule has 1 aromatic heterocycles. The maximum Gasteiger partial charge on any atom is 0.212 e. The fourth-order valence-corrected chi connectivity index (χ4v) is 1.06. The lowest BCUT2D eigenvalue weighted by Gasteiger charge is -1.97. The molecule has 0 fully saturated rings. The van der Waals surface area contributed by atoms with E-state index in [2.05, 4.69) is 25.8 Å². The van der Waals surface area contributed by atoms with Gasteiger partial charge in [-0.15, -0.1) is 0 Å². The number of H-pyrrole nitrogens is 1. The lowest BCUT2D eigenvalue weighted by Crippen LogP contribution is -2.30. The van der Waals surface area contributed by atoms with Crippen molar-refractivity contribution in [1.29, 1.82) is 0 Å². The third-order valence-corrected chi connectivity index (χ3v) is 1.67. The van der Waals surface area contributed by atoms with Gasteiger partial charge in [0.05, 0.1) is 18.5 Å². The van der Waals surface area contributed by atoms with E-state index in [-0.39, 0.29) is 0 Å². The molecule has 2 rings (SSSR count). The largest absolute Gasteiger partial charge is 0.360 e. The number of hydrogen-bond donors (Lipinski definition) is 3. The molecule has 1 aromatic rings. The molecule has 0 atom stereocenters. The summed E-state index contributed by atoms with van der Waals surface area (Å²) < 4.78 is 0. The van der Waals surface area contributed by atoms with Crippen molar-refractivity contribution in [3.63, 3.8) is 0 Å². The first-order chi connectivity index (χ1) is 6.45. The molecule has 0 saturated carbocycles. The lowest BCUT2D eigenvalue weighted by atomic mass is 10.5. The lowest BCUT2D eigenvalue weighted by molar-refractivity contribution is 0.919. The van der Waals surface area contributed by atoms with Crippen LogP contribution in [0.25, 0.3) is 0 Å². The summed E-state index contributed by atoms with van der Waals surface area (Å²) in [5, 5.41) is 7.05. The molecule has 13 heavy (non-hydrogen) atoms. The van der Waals surface area contributed by atoms with Crippen molar-refractivity contribution in [1.82, 2.24) is 15.7 Å². The van der Waals surface area contributed by atoms with Gasteiger partial charge in [-0.25, -0.2) is 10.4 Å². The molecule has 5 nitrogen and oxygen atoms in total. The Morgan fingerprint density at radius 1 is 1.62 bits per heavy atom. The number of rotatable bonds is 2. The molecule has 0 radical (unpaired) electrons. The maximum atomic E-state index is 4.13. The third-order valence-electron chi connectivity index (χ3n) is 1.67. The minimum Gasteiger partial charge on any atom is -0.360 e. The van der Waals surface area contributed by atoms with Crippen LogP contribution in [0.4, 0.5) is 0 Å². The van der Waals surface area contributed by atoms with Crippen molar-refractivity contribution in [3.05, 3.63) is 24.0 Å². The van der Waals surface area contributed by atoms with Crippen molar-refractivity contribution in [3.8, 4) is 0 Å². The summed E-state index contributed by atoms with van der Waals surface area (Å²) >= 11 is 0. The minimum atomic E-state index is 0.739. The number of aromatic amines is 1. The van der Waals surface area contributed by atoms with E-state index >= 15 is 0 Å². The Hall–Kier alpha value is -1.78. The predicted molar refractivity (Wildman–Crippen MR) is 51.8 cm³/mol. The predicted octanol–water partition coefficient (Wildman–Crippen LogP) is -0.103. The van der Waals surface area contributed by atoms with Crippen LogP contribution in [-0.4, -0.2) is 30.2 Å². The van der Waals surface area contributed by atoms with Crippen LogP contribution in [0.3, 0.4) is 0 Å². The number of hydrazone groups is 1. The van der Waals surface area contributed by atoms with Crippen LogP contribution in [0.1, 0.15) is 5.69 Å². The first-order valence-electron chi connectivity index (χ1n) is 4.16. The Balaban J connectivity index is 1.85. The zero-order valence-corrected chi connectivity index (χ0v) is 7.12. The Kier molecular flexibility index (Phi) is 2.26. The van der Waals surface area contributed by atoms with E-state index in [0.717, 1.165) is 24.7 Å². The molecular formula is C8H11N5. The fourth-order valence-electron chi connectivity index (χ4n) is 1.06. The molecule has 0 aliphatic carbocycles. The van der Waals surface area contributed by atoms with Gasteiger partial charge in [0, 0.05) is 12.7 Å². The number of nitrogens with zero attached hydrogens (tertiary/aromatic N) is 2. The van der Waals surface area contributed by atoms with Crippen LogP contribution in [0.2, 0.25) is 0 Å². The SMILES string of the molecule is C(=N/NC1=NCCN1)/c1ccc[nH]1. The van der Waals surface area contributed by atoms with Gasteiger partial charge in [0.2, 0.25) is 5.96 Å². The van der Waals surface area contributed by atoms with Crippen LogP contribution in [0.5, 0.6) is 0 Å². The summed E-state index contributed by atoms with van der Waals surface area (Å²) in [6.45, 7) is 1.71. The van der Waals surface area contributed by atoms with E-state index in [1.165, 1.54) is 0 Å². The van der Waals surface area contributed by atoms with Crippen molar-refractivity contribution in [2.24, 2.45) is 10.1 Å². The van der Waals surface area contributed by atoms with Crippen LogP contribution in [0, 0.1) is 0 Å². The quantitative estimate of drug-likeness (QED) is 0.436. The summed E-state index contributed by atoms with van der Waals surface area (Å²) in [5.41, 5.74) is 3.77. The molecule has 2 heterocycles. The standard InChI is InChI=1S/C8H11N5/c1-2-7(9-3-1)6-12-13-8-10-4-5-11-8/h1-3,6,9H,4-5H2,(H2,10,11,13)/b12-6-. The monoisotopic (exact) mass is 177 g/mol. The van der Waals surface area contributed by atoms with Gasteiger partial charge in [0.15, 0.2) is 0 Å². The van der Waals surface area contributed by atoms with Crippen molar-refractivity contribution in [2.75, 3.05) is 13.1 Å². The molecule has 0 saturated heterocycles. The molecule has 3 N–H and O–H groups in total. The average molecular weight is 177 g/mol. The summed E-state index contributed by atoms with van der Waals surface area (Å²) in [5.74, 6) is 0.739. The number of guanidine groups is 1. The highest BCUT2D eigenvalue weighted by Gasteiger charge is 2.00. The Morgan fingerprint density at radius 2 is 2.62 bits per heavy atom. The topological polar surface area (TPSA) is 64.6 Å². The van der Waals surface area contributed by atoms with E-state index in [1.54, 1.807) is 6.21 Å². The fraction of sp³-hybridized carbons (Fsp3) is 0.250. The van der Waals surface area contributed by atoms with Gasteiger partial charge >= 0.3 is 0 Å². The van der Waals surface area contributed by atoms with E-state index in [9.17, 15) is 0 Å². The highest BCUT2D eigenvalue weighted by molar-refractivity contribution is 5.83. The zero-order valence-electron chi connectivity index (χ0n) is 7.12. The van der Waals surface area contributed by atoms with Gasteiger partial charge < -0.3 is 10.3 Å². The third kappa shape index (κ3) is 2.08. The highest BCUT2D eigenvalue weighted by Crippen LogP contribution is 1.88. The highest BCUT2D eigenvalue weighted by atomic mass is 15.4. The Labute approximate surface area is 76.0 Å². The molecule has 0 spiro atoms. The summed E-state index contributed by atoms with van der Waals surface area (Å²) in [7, 11) is 0. The first kappa shape index (κ1) is 7.85. The molecule has 68 valence electrons. The average Bonchev–Trinajstić information content (AvgIpc) is 2.75. The van der Waals surface area contributed by atoms with E-state index in [0.29, 0.717) is 0 Å². The molecule has 0 bridgehead atoms. The summed E-state index contributed by atoms with van der Waals surface area (Å²) in [4.78, 5) is 7.14. The smallest absolute Gasteiger partial charge is 0.212 e. The van der Waals surface area contributed by atoms with Gasteiger partial charge in [0.1, 0.15) is 0 Å². The molecule has 0 amide bonds. The normalized spacial score (nSPS) is 15.8. The van der Waals surface area contributed by atoms with E-state index in [4.69, 9.17) is 0 Å². The number of aromatic nitrogens is 1. The Morgan fingerprint density at radius 3 is 3.31 bits per heavy atom. The van der Waals surface area contributed by atoms with Crippen LogP contribution >= 0.6 is 0 Å². The van der Waals surface area contributed by atoms with Gasteiger partial charge in [-0.2, -0.15) is 5.10 Å². The maximum absolute atomic E-state index is 4.13. The van der Waals surface area contributed by atoms with Gasteiger partial charge in [-0.1, -0.05) is 0 Å². The van der Waals surface area contributed by atoms with Crippen molar-refractivity contribution < 1.29 is 0 Å². The second-order valence-corrected chi connectivity index (χ2v) is 2.65. The number of aliphatic imine (C=N–C) groups is 1.